The van der Waals surface area contributed by atoms with E-state index in [-0.39, 0.29) is 0 Å². The first kappa shape index (κ1) is 12.3. The molecule has 0 bridgehead atoms. The zero-order valence-electron chi connectivity index (χ0n) is 11.0. The number of rotatable bonds is 3. The Balaban J connectivity index is 2.33. The van der Waals surface area contributed by atoms with Crippen molar-refractivity contribution in [2.75, 3.05) is 5.43 Å². The quantitative estimate of drug-likeness (QED) is 0.623. The smallest absolute Gasteiger partial charge is 0.147 e. The molecule has 2 atom stereocenters. The molecular weight excluding hydrogens is 212 g/mol. The van der Waals surface area contributed by atoms with Gasteiger partial charge in [-0.05, 0) is 38.5 Å². The summed E-state index contributed by atoms with van der Waals surface area (Å²) < 4.78 is 0. The van der Waals surface area contributed by atoms with Gasteiger partial charge in [0.2, 0.25) is 0 Å². The molecule has 1 heterocycles. The first-order chi connectivity index (χ1) is 8.15. The van der Waals surface area contributed by atoms with Gasteiger partial charge in [-0.3, -0.25) is 0 Å². The molecule has 0 radical (unpaired) electrons. The number of anilines is 1. The first-order valence-electron chi connectivity index (χ1n) is 6.49. The lowest BCUT2D eigenvalue weighted by Crippen LogP contribution is -2.15. The van der Waals surface area contributed by atoms with Gasteiger partial charge in [0.15, 0.2) is 0 Å². The second-order valence-electron chi connectivity index (χ2n) is 5.11. The summed E-state index contributed by atoms with van der Waals surface area (Å²) in [4.78, 5) is 9.25. The summed E-state index contributed by atoms with van der Waals surface area (Å²) in [5, 5.41) is 0. The summed E-state index contributed by atoms with van der Waals surface area (Å²) in [6.07, 6.45) is 4.60. The van der Waals surface area contributed by atoms with Crippen LogP contribution >= 0.6 is 0 Å². The molecule has 1 fully saturated rings. The Hall–Kier alpha value is -1.16. The molecule has 0 aliphatic heterocycles. The van der Waals surface area contributed by atoms with Crippen LogP contribution in [0, 0.1) is 12.8 Å². The lowest BCUT2D eigenvalue weighted by atomic mass is 10.0. The number of aryl methyl sites for hydroxylation is 1. The van der Waals surface area contributed by atoms with Gasteiger partial charge in [-0.25, -0.2) is 15.8 Å². The van der Waals surface area contributed by atoms with Crippen LogP contribution in [0.25, 0.3) is 0 Å². The van der Waals surface area contributed by atoms with Crippen molar-refractivity contribution in [3.05, 3.63) is 17.1 Å². The van der Waals surface area contributed by atoms with Crippen LogP contribution in [0.4, 0.5) is 5.82 Å². The van der Waals surface area contributed by atoms with Gasteiger partial charge in [-0.1, -0.05) is 13.8 Å². The Morgan fingerprint density at radius 2 is 2.12 bits per heavy atom. The van der Waals surface area contributed by atoms with Crippen LogP contribution in [0.3, 0.4) is 0 Å². The summed E-state index contributed by atoms with van der Waals surface area (Å²) in [5.41, 5.74) is 4.90. The van der Waals surface area contributed by atoms with Crippen LogP contribution in [0.15, 0.2) is 0 Å². The van der Waals surface area contributed by atoms with Gasteiger partial charge < -0.3 is 5.43 Å². The van der Waals surface area contributed by atoms with Crippen LogP contribution in [-0.2, 0) is 6.42 Å². The molecular formula is C13H22N4. The zero-order valence-corrected chi connectivity index (χ0v) is 11.0. The summed E-state index contributed by atoms with van der Waals surface area (Å²) in [6, 6.07) is 0. The highest BCUT2D eigenvalue weighted by Gasteiger charge is 2.26. The molecule has 17 heavy (non-hydrogen) atoms. The maximum absolute atomic E-state index is 5.55. The Morgan fingerprint density at radius 3 is 2.65 bits per heavy atom. The van der Waals surface area contributed by atoms with Crippen molar-refractivity contribution in [2.45, 2.75) is 52.4 Å². The average Bonchev–Trinajstić information content (AvgIpc) is 2.74. The highest BCUT2D eigenvalue weighted by Crippen LogP contribution is 2.37. The van der Waals surface area contributed by atoms with Crippen molar-refractivity contribution >= 4 is 5.82 Å². The zero-order chi connectivity index (χ0) is 12.4. The summed E-state index contributed by atoms with van der Waals surface area (Å²) in [6.45, 7) is 6.45. The molecule has 2 unspecified atom stereocenters. The SMILES string of the molecule is CCc1c(C)nc(C2CCC(C)C2)nc1NN. The Bertz CT molecular complexity index is 403. The molecule has 3 N–H and O–H groups in total. The minimum atomic E-state index is 0.515. The van der Waals surface area contributed by atoms with Gasteiger partial charge in [-0.15, -0.1) is 0 Å². The number of hydrogen-bond donors (Lipinski definition) is 2. The minimum absolute atomic E-state index is 0.515. The van der Waals surface area contributed by atoms with E-state index in [0.717, 1.165) is 35.2 Å². The van der Waals surface area contributed by atoms with Crippen molar-refractivity contribution in [1.82, 2.24) is 9.97 Å². The summed E-state index contributed by atoms with van der Waals surface area (Å²) in [5.74, 6) is 8.63. The number of nitrogens with one attached hydrogen (secondary N) is 1. The summed E-state index contributed by atoms with van der Waals surface area (Å²) >= 11 is 0. The molecule has 4 nitrogen and oxygen atoms in total. The highest BCUT2D eigenvalue weighted by atomic mass is 15.3. The average molecular weight is 234 g/mol. The second-order valence-corrected chi connectivity index (χ2v) is 5.11. The molecule has 4 heteroatoms. The van der Waals surface area contributed by atoms with E-state index in [4.69, 9.17) is 5.84 Å². The standard InChI is InChI=1S/C13H22N4/c1-4-11-9(3)15-12(16-13(11)17-14)10-6-5-8(2)7-10/h8,10H,4-7,14H2,1-3H3,(H,15,16,17). The molecule has 1 saturated carbocycles. The maximum Gasteiger partial charge on any atom is 0.147 e. The van der Waals surface area contributed by atoms with Gasteiger partial charge in [0.05, 0.1) is 0 Å². The third-order valence-corrected chi connectivity index (χ3v) is 3.78. The predicted octanol–water partition coefficient (Wildman–Crippen LogP) is 2.54. The van der Waals surface area contributed by atoms with Crippen LogP contribution < -0.4 is 11.3 Å². The van der Waals surface area contributed by atoms with E-state index in [2.05, 4.69) is 29.2 Å². The Morgan fingerprint density at radius 1 is 1.35 bits per heavy atom. The van der Waals surface area contributed by atoms with Crippen molar-refractivity contribution in [1.29, 1.82) is 0 Å². The van der Waals surface area contributed by atoms with Crippen molar-refractivity contribution in [3.8, 4) is 0 Å². The lowest BCUT2D eigenvalue weighted by Gasteiger charge is -2.14. The number of nitrogens with two attached hydrogens (primary N) is 1. The number of aromatic nitrogens is 2. The Labute approximate surface area is 103 Å². The molecule has 2 rings (SSSR count). The number of nitrogens with zero attached hydrogens (tertiary/aromatic N) is 2. The fourth-order valence-corrected chi connectivity index (χ4v) is 2.78. The molecule has 0 spiro atoms. The molecule has 0 amide bonds. The molecule has 1 aromatic heterocycles. The van der Waals surface area contributed by atoms with Crippen molar-refractivity contribution in [2.24, 2.45) is 11.8 Å². The lowest BCUT2D eigenvalue weighted by molar-refractivity contribution is 0.584. The van der Waals surface area contributed by atoms with E-state index >= 15 is 0 Å². The fraction of sp³-hybridized carbons (Fsp3) is 0.692. The monoisotopic (exact) mass is 234 g/mol. The fourth-order valence-electron chi connectivity index (χ4n) is 2.78. The van der Waals surface area contributed by atoms with Crippen LogP contribution in [0.5, 0.6) is 0 Å². The molecule has 94 valence electrons. The first-order valence-corrected chi connectivity index (χ1v) is 6.49. The predicted molar refractivity (Wildman–Crippen MR) is 69.7 cm³/mol. The molecule has 1 aromatic rings. The van der Waals surface area contributed by atoms with E-state index in [9.17, 15) is 0 Å². The van der Waals surface area contributed by atoms with Gasteiger partial charge >= 0.3 is 0 Å². The van der Waals surface area contributed by atoms with E-state index < -0.39 is 0 Å². The van der Waals surface area contributed by atoms with Crippen LogP contribution in [0.1, 0.15) is 56.1 Å². The van der Waals surface area contributed by atoms with Gasteiger partial charge in [0.1, 0.15) is 11.6 Å². The summed E-state index contributed by atoms with van der Waals surface area (Å²) in [7, 11) is 0. The van der Waals surface area contributed by atoms with Crippen LogP contribution in [0.2, 0.25) is 0 Å². The third kappa shape index (κ3) is 2.41. The van der Waals surface area contributed by atoms with Crippen molar-refractivity contribution in [3.63, 3.8) is 0 Å². The van der Waals surface area contributed by atoms with E-state index in [1.807, 2.05) is 6.92 Å². The second kappa shape index (κ2) is 5.00. The maximum atomic E-state index is 5.55. The van der Waals surface area contributed by atoms with Gasteiger partial charge in [0.25, 0.3) is 0 Å². The highest BCUT2D eigenvalue weighted by molar-refractivity contribution is 5.45. The molecule has 0 saturated heterocycles. The minimum Gasteiger partial charge on any atom is -0.308 e. The van der Waals surface area contributed by atoms with E-state index in [1.54, 1.807) is 0 Å². The van der Waals surface area contributed by atoms with Gasteiger partial charge in [0, 0.05) is 17.2 Å². The number of hydrazine groups is 1. The molecule has 0 aromatic carbocycles. The molecule has 1 aliphatic rings. The molecule has 1 aliphatic carbocycles. The Kier molecular flexibility index (Phi) is 3.62. The van der Waals surface area contributed by atoms with Crippen molar-refractivity contribution < 1.29 is 0 Å². The third-order valence-electron chi connectivity index (χ3n) is 3.78. The van der Waals surface area contributed by atoms with Gasteiger partial charge in [-0.2, -0.15) is 0 Å². The normalized spacial score (nSPS) is 24.0. The number of nitrogen functional groups attached to an aromatic ring is 1. The largest absolute Gasteiger partial charge is 0.308 e. The van der Waals surface area contributed by atoms with E-state index in [0.29, 0.717) is 5.92 Å². The van der Waals surface area contributed by atoms with E-state index in [1.165, 1.54) is 19.3 Å². The number of hydrogen-bond acceptors (Lipinski definition) is 4. The van der Waals surface area contributed by atoms with Crippen LogP contribution in [-0.4, -0.2) is 9.97 Å². The topological polar surface area (TPSA) is 63.8 Å².